The Hall–Kier alpha value is -1.89. The molecule has 28 heavy (non-hydrogen) atoms. The van der Waals surface area contributed by atoms with Crippen molar-refractivity contribution in [3.63, 3.8) is 0 Å². The lowest BCUT2D eigenvalue weighted by molar-refractivity contribution is -0.114. The maximum Gasteiger partial charge on any atom is 0.246 e. The van der Waals surface area contributed by atoms with E-state index in [1.165, 1.54) is 0 Å². The number of rotatable bonds is 7. The molecular weight excluding hydrogens is 506 g/mol. The Morgan fingerprint density at radius 2 is 1.96 bits per heavy atom. The molecule has 0 aliphatic heterocycles. The van der Waals surface area contributed by atoms with Gasteiger partial charge in [-0.15, -0.1) is 35.3 Å². The smallest absolute Gasteiger partial charge is 0.246 e. The summed E-state index contributed by atoms with van der Waals surface area (Å²) in [4.78, 5) is 21.4. The Balaban J connectivity index is 0.00000392. The predicted octanol–water partition coefficient (Wildman–Crippen LogP) is 3.22. The molecule has 1 heterocycles. The van der Waals surface area contributed by atoms with Crippen molar-refractivity contribution in [2.24, 2.45) is 4.99 Å². The minimum atomic E-state index is -1.64. The molecule has 1 aromatic carbocycles. The third-order valence-electron chi connectivity index (χ3n) is 3.33. The second kappa shape index (κ2) is 11.8. The SMILES string of the molecule is CCNC(=NCC(=O)Nc1ccc(F)c(F)c1F)NCCc1ncc(C)s1.I. The lowest BCUT2D eigenvalue weighted by Gasteiger charge is -2.11. The van der Waals surface area contributed by atoms with Gasteiger partial charge in [0.2, 0.25) is 5.91 Å². The van der Waals surface area contributed by atoms with Gasteiger partial charge in [-0.25, -0.2) is 23.1 Å². The van der Waals surface area contributed by atoms with E-state index >= 15 is 0 Å². The summed E-state index contributed by atoms with van der Waals surface area (Å²) in [5, 5.41) is 9.20. The lowest BCUT2D eigenvalue weighted by Crippen LogP contribution is -2.39. The summed E-state index contributed by atoms with van der Waals surface area (Å²) >= 11 is 1.61. The van der Waals surface area contributed by atoms with Crippen LogP contribution in [0.1, 0.15) is 16.8 Å². The maximum absolute atomic E-state index is 13.6. The van der Waals surface area contributed by atoms with E-state index in [0.29, 0.717) is 25.5 Å². The summed E-state index contributed by atoms with van der Waals surface area (Å²) in [7, 11) is 0. The van der Waals surface area contributed by atoms with E-state index in [-0.39, 0.29) is 30.5 Å². The lowest BCUT2D eigenvalue weighted by atomic mass is 10.3. The number of amides is 1. The van der Waals surface area contributed by atoms with Crippen molar-refractivity contribution >= 4 is 52.9 Å². The van der Waals surface area contributed by atoms with Gasteiger partial charge in [-0.3, -0.25) is 4.79 Å². The van der Waals surface area contributed by atoms with Crippen LogP contribution in [0.25, 0.3) is 0 Å². The number of thiazole rings is 1. The zero-order chi connectivity index (χ0) is 19.8. The molecule has 1 amide bonds. The van der Waals surface area contributed by atoms with Crippen LogP contribution < -0.4 is 16.0 Å². The van der Waals surface area contributed by atoms with Crippen LogP contribution in [-0.4, -0.2) is 36.5 Å². The van der Waals surface area contributed by atoms with E-state index in [2.05, 4.69) is 25.9 Å². The number of anilines is 1. The topological polar surface area (TPSA) is 78.4 Å². The average molecular weight is 527 g/mol. The summed E-state index contributed by atoms with van der Waals surface area (Å²) in [5.74, 6) is -4.66. The van der Waals surface area contributed by atoms with Gasteiger partial charge in [0.15, 0.2) is 23.4 Å². The Labute approximate surface area is 182 Å². The molecule has 0 saturated carbocycles. The summed E-state index contributed by atoms with van der Waals surface area (Å²) < 4.78 is 39.7. The molecular formula is C17H21F3IN5OS. The first-order valence-corrected chi connectivity index (χ1v) is 9.09. The Bertz CT molecular complexity index is 831. The van der Waals surface area contributed by atoms with Gasteiger partial charge in [-0.2, -0.15) is 0 Å². The summed E-state index contributed by atoms with van der Waals surface area (Å²) in [6, 6.07) is 1.69. The highest BCUT2D eigenvalue weighted by Gasteiger charge is 2.15. The van der Waals surface area contributed by atoms with Crippen LogP contribution in [0.15, 0.2) is 23.3 Å². The van der Waals surface area contributed by atoms with E-state index in [0.717, 1.165) is 22.0 Å². The highest BCUT2D eigenvalue weighted by atomic mass is 127. The van der Waals surface area contributed by atoms with Gasteiger partial charge in [-0.1, -0.05) is 0 Å². The first-order valence-electron chi connectivity index (χ1n) is 8.27. The van der Waals surface area contributed by atoms with Crippen molar-refractivity contribution in [1.29, 1.82) is 0 Å². The van der Waals surface area contributed by atoms with Crippen LogP contribution >= 0.6 is 35.3 Å². The number of hydrogen-bond acceptors (Lipinski definition) is 4. The fourth-order valence-corrected chi connectivity index (χ4v) is 2.90. The number of aromatic nitrogens is 1. The van der Waals surface area contributed by atoms with Gasteiger partial charge in [0.05, 0.1) is 10.7 Å². The number of aryl methyl sites for hydroxylation is 1. The number of aliphatic imine (C=N–C) groups is 1. The quantitative estimate of drug-likeness (QED) is 0.224. The minimum absolute atomic E-state index is 0. The third kappa shape index (κ3) is 7.26. The zero-order valence-electron chi connectivity index (χ0n) is 15.3. The van der Waals surface area contributed by atoms with E-state index < -0.39 is 29.0 Å². The minimum Gasteiger partial charge on any atom is -0.357 e. The van der Waals surface area contributed by atoms with Crippen LogP contribution in [0.4, 0.5) is 18.9 Å². The molecule has 0 fully saturated rings. The standard InChI is InChI=1S/C17H20F3N5OS.HI/c1-3-21-17(22-7-6-14-23-8-10(2)27-14)24-9-13(26)25-12-5-4-11(18)15(19)16(12)20;/h4-5,8H,3,6-7,9H2,1-2H3,(H,25,26)(H2,21,22,24);1H. The van der Waals surface area contributed by atoms with Gasteiger partial charge in [0, 0.05) is 30.6 Å². The van der Waals surface area contributed by atoms with Crippen molar-refractivity contribution in [1.82, 2.24) is 15.6 Å². The van der Waals surface area contributed by atoms with Crippen molar-refractivity contribution < 1.29 is 18.0 Å². The van der Waals surface area contributed by atoms with Gasteiger partial charge in [-0.05, 0) is 26.0 Å². The molecule has 6 nitrogen and oxygen atoms in total. The van der Waals surface area contributed by atoms with Crippen molar-refractivity contribution in [3.8, 4) is 0 Å². The summed E-state index contributed by atoms with van der Waals surface area (Å²) in [6.07, 6.45) is 2.51. The Kier molecular flexibility index (Phi) is 10.2. The monoisotopic (exact) mass is 527 g/mol. The fourth-order valence-electron chi connectivity index (χ4n) is 2.11. The molecule has 0 atom stereocenters. The second-order valence-electron chi connectivity index (χ2n) is 5.51. The summed E-state index contributed by atoms with van der Waals surface area (Å²) in [6.45, 7) is 4.69. The van der Waals surface area contributed by atoms with Gasteiger partial charge in [0.1, 0.15) is 6.54 Å². The molecule has 0 bridgehead atoms. The zero-order valence-corrected chi connectivity index (χ0v) is 18.5. The van der Waals surface area contributed by atoms with Crippen LogP contribution in [0.2, 0.25) is 0 Å². The molecule has 0 saturated heterocycles. The van der Waals surface area contributed by atoms with Crippen LogP contribution in [0.3, 0.4) is 0 Å². The molecule has 11 heteroatoms. The van der Waals surface area contributed by atoms with Gasteiger partial charge < -0.3 is 16.0 Å². The van der Waals surface area contributed by atoms with Gasteiger partial charge >= 0.3 is 0 Å². The van der Waals surface area contributed by atoms with E-state index in [9.17, 15) is 18.0 Å². The van der Waals surface area contributed by atoms with Crippen LogP contribution in [0, 0.1) is 24.4 Å². The molecule has 0 aliphatic carbocycles. The van der Waals surface area contributed by atoms with E-state index in [4.69, 9.17) is 0 Å². The van der Waals surface area contributed by atoms with E-state index in [1.807, 2.05) is 13.8 Å². The molecule has 2 aromatic rings. The number of nitrogens with zero attached hydrogens (tertiary/aromatic N) is 2. The molecule has 0 spiro atoms. The fraction of sp³-hybridized carbons (Fsp3) is 0.353. The Morgan fingerprint density at radius 3 is 2.61 bits per heavy atom. The average Bonchev–Trinajstić information content (AvgIpc) is 3.05. The number of nitrogens with one attached hydrogen (secondary N) is 3. The maximum atomic E-state index is 13.6. The van der Waals surface area contributed by atoms with Crippen molar-refractivity contribution in [2.75, 3.05) is 25.0 Å². The first kappa shape index (κ1) is 24.1. The molecule has 0 radical (unpaired) electrons. The van der Waals surface area contributed by atoms with Crippen molar-refractivity contribution in [2.45, 2.75) is 20.3 Å². The van der Waals surface area contributed by atoms with Crippen molar-refractivity contribution in [3.05, 3.63) is 45.7 Å². The molecule has 0 aliphatic rings. The number of carbonyl (C=O) groups is 1. The van der Waals surface area contributed by atoms with Crippen LogP contribution in [0.5, 0.6) is 0 Å². The molecule has 154 valence electrons. The summed E-state index contributed by atoms with van der Waals surface area (Å²) in [5.41, 5.74) is -0.439. The number of carbonyl (C=O) groups excluding carboxylic acids is 1. The largest absolute Gasteiger partial charge is 0.357 e. The van der Waals surface area contributed by atoms with Crippen LogP contribution in [-0.2, 0) is 11.2 Å². The molecule has 1 aromatic heterocycles. The molecule has 2 rings (SSSR count). The van der Waals surface area contributed by atoms with E-state index in [1.54, 1.807) is 17.5 Å². The number of halogens is 4. The third-order valence-corrected chi connectivity index (χ3v) is 4.31. The van der Waals surface area contributed by atoms with Gasteiger partial charge in [0.25, 0.3) is 0 Å². The Morgan fingerprint density at radius 1 is 1.21 bits per heavy atom. The second-order valence-corrected chi connectivity index (χ2v) is 6.83. The number of guanidine groups is 1. The normalized spacial score (nSPS) is 11.0. The molecule has 3 N–H and O–H groups in total. The number of hydrogen-bond donors (Lipinski definition) is 3. The predicted molar refractivity (Wildman–Crippen MR) is 115 cm³/mol. The molecule has 0 unspecified atom stereocenters. The number of benzene rings is 1. The highest BCUT2D eigenvalue weighted by Crippen LogP contribution is 2.19. The first-order chi connectivity index (χ1) is 12.9. The highest BCUT2D eigenvalue weighted by molar-refractivity contribution is 14.0.